The van der Waals surface area contributed by atoms with E-state index in [4.69, 9.17) is 0 Å². The van der Waals surface area contributed by atoms with E-state index in [0.29, 0.717) is 18.8 Å². The summed E-state index contributed by atoms with van der Waals surface area (Å²) in [5.74, 6) is 0.100. The highest BCUT2D eigenvalue weighted by Gasteiger charge is 2.57. The lowest BCUT2D eigenvalue weighted by Crippen LogP contribution is -2.43. The number of amides is 2. The van der Waals surface area contributed by atoms with Crippen LogP contribution in [0.3, 0.4) is 0 Å². The third kappa shape index (κ3) is 3.19. The minimum absolute atomic E-state index is 0.0772. The molecule has 2 amide bonds. The normalized spacial score (nSPS) is 19.3. The Morgan fingerprint density at radius 1 is 1.12 bits per heavy atom. The summed E-state index contributed by atoms with van der Waals surface area (Å²) in [7, 11) is 0. The van der Waals surface area contributed by atoms with Crippen molar-refractivity contribution in [1.29, 1.82) is 0 Å². The Morgan fingerprint density at radius 3 is 2.38 bits per heavy atom. The van der Waals surface area contributed by atoms with Gasteiger partial charge in [0, 0.05) is 11.7 Å². The van der Waals surface area contributed by atoms with Crippen molar-refractivity contribution in [2.45, 2.75) is 71.3 Å². The number of para-hydroxylation sites is 1. The molecule has 0 bridgehead atoms. The average Bonchev–Trinajstić information content (AvgIpc) is 3.21. The molecule has 24 heavy (non-hydrogen) atoms. The monoisotopic (exact) mass is 328 g/mol. The van der Waals surface area contributed by atoms with Crippen LogP contribution in [-0.2, 0) is 9.59 Å². The predicted molar refractivity (Wildman–Crippen MR) is 96.0 cm³/mol. The first kappa shape index (κ1) is 17.0. The highest BCUT2D eigenvalue weighted by molar-refractivity contribution is 6.13. The van der Waals surface area contributed by atoms with Crippen molar-refractivity contribution in [3.63, 3.8) is 0 Å². The first-order valence-electron chi connectivity index (χ1n) is 9.16. The van der Waals surface area contributed by atoms with Crippen molar-refractivity contribution in [2.75, 3.05) is 5.32 Å². The fourth-order valence-electron chi connectivity index (χ4n) is 3.65. The number of aryl methyl sites for hydroxylation is 1. The summed E-state index contributed by atoms with van der Waals surface area (Å²) in [5.41, 5.74) is 2.19. The van der Waals surface area contributed by atoms with Gasteiger partial charge in [0.1, 0.15) is 5.41 Å². The summed E-state index contributed by atoms with van der Waals surface area (Å²) in [6.07, 6.45) is 5.73. The van der Waals surface area contributed by atoms with Crippen LogP contribution in [0.15, 0.2) is 18.2 Å². The van der Waals surface area contributed by atoms with Gasteiger partial charge in [-0.1, -0.05) is 44.9 Å². The maximum atomic E-state index is 12.9. The molecule has 3 rings (SSSR count). The standard InChI is InChI=1S/C20H28N2O2/c1-13(2)16-10-6-7-14(3)17(16)22-19(24)20(11-12-20)18(23)21-15-8-4-5-9-15/h6-7,10,13,15H,4-5,8-9,11-12H2,1-3H3,(H,21,23)(H,22,24). The van der Waals surface area contributed by atoms with Crippen molar-refractivity contribution in [3.05, 3.63) is 29.3 Å². The smallest absolute Gasteiger partial charge is 0.240 e. The van der Waals surface area contributed by atoms with E-state index in [1.54, 1.807) is 0 Å². The van der Waals surface area contributed by atoms with E-state index in [2.05, 4.69) is 24.5 Å². The van der Waals surface area contributed by atoms with Gasteiger partial charge >= 0.3 is 0 Å². The van der Waals surface area contributed by atoms with Gasteiger partial charge in [0.2, 0.25) is 11.8 Å². The van der Waals surface area contributed by atoms with Gasteiger partial charge in [-0.15, -0.1) is 0 Å². The van der Waals surface area contributed by atoms with Gasteiger partial charge in [-0.05, 0) is 49.7 Å². The fourth-order valence-corrected chi connectivity index (χ4v) is 3.65. The summed E-state index contributed by atoms with van der Waals surface area (Å²) in [6, 6.07) is 6.32. The van der Waals surface area contributed by atoms with E-state index in [1.165, 1.54) is 12.8 Å². The van der Waals surface area contributed by atoms with Crippen LogP contribution in [0.5, 0.6) is 0 Å². The van der Waals surface area contributed by atoms with Crippen LogP contribution in [0, 0.1) is 12.3 Å². The topological polar surface area (TPSA) is 58.2 Å². The van der Waals surface area contributed by atoms with Gasteiger partial charge < -0.3 is 10.6 Å². The number of benzene rings is 1. The van der Waals surface area contributed by atoms with E-state index >= 15 is 0 Å². The largest absolute Gasteiger partial charge is 0.352 e. The Labute approximate surface area is 144 Å². The van der Waals surface area contributed by atoms with Gasteiger partial charge in [0.15, 0.2) is 0 Å². The molecule has 0 aliphatic heterocycles. The molecule has 0 spiro atoms. The number of carbonyl (C=O) groups excluding carboxylic acids is 2. The van der Waals surface area contributed by atoms with Crippen LogP contribution in [-0.4, -0.2) is 17.9 Å². The van der Waals surface area contributed by atoms with Crippen LogP contribution in [0.1, 0.15) is 69.4 Å². The molecule has 0 aromatic heterocycles. The molecule has 130 valence electrons. The Balaban J connectivity index is 1.74. The second-order valence-corrected chi connectivity index (χ2v) is 7.68. The van der Waals surface area contributed by atoms with E-state index < -0.39 is 5.41 Å². The molecule has 0 atom stereocenters. The molecule has 2 aliphatic rings. The number of rotatable bonds is 5. The molecule has 2 saturated carbocycles. The minimum Gasteiger partial charge on any atom is -0.352 e. The number of hydrogen-bond acceptors (Lipinski definition) is 2. The number of carbonyl (C=O) groups is 2. The van der Waals surface area contributed by atoms with E-state index in [9.17, 15) is 9.59 Å². The maximum Gasteiger partial charge on any atom is 0.240 e. The highest BCUT2D eigenvalue weighted by atomic mass is 16.2. The lowest BCUT2D eigenvalue weighted by molar-refractivity contribution is -0.134. The highest BCUT2D eigenvalue weighted by Crippen LogP contribution is 2.47. The second kappa shape index (κ2) is 6.58. The van der Waals surface area contributed by atoms with E-state index in [1.807, 2.05) is 25.1 Å². The molecular weight excluding hydrogens is 300 g/mol. The second-order valence-electron chi connectivity index (χ2n) is 7.68. The zero-order valence-electron chi connectivity index (χ0n) is 14.9. The van der Waals surface area contributed by atoms with Gasteiger partial charge in [-0.3, -0.25) is 9.59 Å². The van der Waals surface area contributed by atoms with E-state index in [-0.39, 0.29) is 17.9 Å². The lowest BCUT2D eigenvalue weighted by atomic mass is 9.97. The van der Waals surface area contributed by atoms with Crippen LogP contribution in [0.2, 0.25) is 0 Å². The molecule has 2 aliphatic carbocycles. The van der Waals surface area contributed by atoms with Crippen LogP contribution >= 0.6 is 0 Å². The zero-order valence-corrected chi connectivity index (χ0v) is 14.9. The molecule has 2 N–H and O–H groups in total. The summed E-state index contributed by atoms with van der Waals surface area (Å²) < 4.78 is 0. The third-order valence-electron chi connectivity index (χ3n) is 5.48. The van der Waals surface area contributed by atoms with Crippen LogP contribution in [0.4, 0.5) is 5.69 Å². The van der Waals surface area contributed by atoms with Crippen molar-refractivity contribution in [2.24, 2.45) is 5.41 Å². The number of anilines is 1. The summed E-state index contributed by atoms with van der Waals surface area (Å²) in [6.45, 7) is 6.23. The molecule has 0 saturated heterocycles. The fraction of sp³-hybridized carbons (Fsp3) is 0.600. The van der Waals surface area contributed by atoms with Crippen molar-refractivity contribution in [1.82, 2.24) is 5.32 Å². The Bertz CT molecular complexity index is 641. The molecule has 4 heteroatoms. The predicted octanol–water partition coefficient (Wildman–Crippen LogP) is 3.90. The lowest BCUT2D eigenvalue weighted by Gasteiger charge is -2.21. The van der Waals surface area contributed by atoms with Crippen molar-refractivity contribution < 1.29 is 9.59 Å². The molecule has 2 fully saturated rings. The molecule has 1 aromatic carbocycles. The van der Waals surface area contributed by atoms with E-state index in [0.717, 1.165) is 29.7 Å². The molecule has 4 nitrogen and oxygen atoms in total. The maximum absolute atomic E-state index is 12.9. The zero-order chi connectivity index (χ0) is 17.3. The van der Waals surface area contributed by atoms with Gasteiger partial charge in [0.25, 0.3) is 0 Å². The Morgan fingerprint density at radius 2 is 1.79 bits per heavy atom. The SMILES string of the molecule is Cc1cccc(C(C)C)c1NC(=O)C1(C(=O)NC2CCCC2)CC1. The molecule has 1 aromatic rings. The van der Waals surface area contributed by atoms with Gasteiger partial charge in [0.05, 0.1) is 0 Å². The van der Waals surface area contributed by atoms with Crippen molar-refractivity contribution in [3.8, 4) is 0 Å². The summed E-state index contributed by atoms with van der Waals surface area (Å²) >= 11 is 0. The molecule has 0 unspecified atom stereocenters. The molecule has 0 radical (unpaired) electrons. The third-order valence-corrected chi connectivity index (χ3v) is 5.48. The quantitative estimate of drug-likeness (QED) is 0.806. The van der Waals surface area contributed by atoms with Crippen LogP contribution in [0.25, 0.3) is 0 Å². The minimum atomic E-state index is -0.848. The number of hydrogen-bond donors (Lipinski definition) is 2. The summed E-state index contributed by atoms with van der Waals surface area (Å²) in [4.78, 5) is 25.5. The average molecular weight is 328 g/mol. The summed E-state index contributed by atoms with van der Waals surface area (Å²) in [5, 5.41) is 6.17. The van der Waals surface area contributed by atoms with Gasteiger partial charge in [-0.2, -0.15) is 0 Å². The molecule has 0 heterocycles. The first-order chi connectivity index (χ1) is 11.4. The Hall–Kier alpha value is -1.84. The van der Waals surface area contributed by atoms with Crippen molar-refractivity contribution >= 4 is 17.5 Å². The van der Waals surface area contributed by atoms with Crippen LogP contribution < -0.4 is 10.6 Å². The molecular formula is C20H28N2O2. The Kier molecular flexibility index (Phi) is 4.66. The first-order valence-corrected chi connectivity index (χ1v) is 9.16. The van der Waals surface area contributed by atoms with Gasteiger partial charge in [-0.25, -0.2) is 0 Å². The number of nitrogens with one attached hydrogen (secondary N) is 2.